The van der Waals surface area contributed by atoms with Gasteiger partial charge in [0.2, 0.25) is 0 Å². The van der Waals surface area contributed by atoms with Crippen LogP contribution in [0.5, 0.6) is 5.75 Å². The summed E-state index contributed by atoms with van der Waals surface area (Å²) in [6.07, 6.45) is -0.818. The van der Waals surface area contributed by atoms with Crippen LogP contribution in [0.2, 0.25) is 5.04 Å². The van der Waals surface area contributed by atoms with Crippen molar-refractivity contribution in [1.29, 1.82) is 0 Å². The van der Waals surface area contributed by atoms with Crippen molar-refractivity contribution in [2.75, 3.05) is 20.3 Å². The molecule has 6 nitrogen and oxygen atoms in total. The first-order valence-electron chi connectivity index (χ1n) is 13.2. The molecular weight excluding hydrogens is 494 g/mol. The largest absolute Gasteiger partial charge is 0.497 e. The normalized spacial score (nSPS) is 17.6. The van der Waals surface area contributed by atoms with E-state index in [0.29, 0.717) is 13.2 Å². The average molecular weight is 534 g/mol. The van der Waals surface area contributed by atoms with Gasteiger partial charge < -0.3 is 14.3 Å². The Kier molecular flexibility index (Phi) is 8.73. The number of carbonyl (C=O) groups excluding carboxylic acids is 1. The Morgan fingerprint density at radius 3 is 1.97 bits per heavy atom. The number of aliphatic hydroxyl groups is 1. The van der Waals surface area contributed by atoms with Crippen molar-refractivity contribution < 1.29 is 23.9 Å². The summed E-state index contributed by atoms with van der Waals surface area (Å²) in [6, 6.07) is 28.4. The zero-order valence-electron chi connectivity index (χ0n) is 23.0. The van der Waals surface area contributed by atoms with Gasteiger partial charge in [0, 0.05) is 12.5 Å². The van der Waals surface area contributed by atoms with Gasteiger partial charge in [-0.15, -0.1) is 0 Å². The summed E-state index contributed by atoms with van der Waals surface area (Å²) in [6.45, 7) is 9.64. The maximum atomic E-state index is 12.8. The van der Waals surface area contributed by atoms with E-state index in [1.54, 1.807) is 7.11 Å². The zero-order chi connectivity index (χ0) is 27.3. The van der Waals surface area contributed by atoms with E-state index in [-0.39, 0.29) is 23.5 Å². The fraction of sp³-hybridized carbons (Fsp3) is 0.387. The number of amides is 1. The van der Waals surface area contributed by atoms with Crippen LogP contribution in [0.4, 0.5) is 0 Å². The fourth-order valence-electron chi connectivity index (χ4n) is 5.18. The van der Waals surface area contributed by atoms with Crippen LogP contribution in [0.25, 0.3) is 0 Å². The highest BCUT2D eigenvalue weighted by molar-refractivity contribution is 6.99. The SMILES string of the molecule is COc1ccc(CON2C[C@H]([C@H](O)[C@H](C)CO[Si](c3ccccc3)(c3ccccc3)C(C)(C)C)C2=O)cc1. The van der Waals surface area contributed by atoms with E-state index in [4.69, 9.17) is 14.0 Å². The molecule has 1 aliphatic rings. The first-order chi connectivity index (χ1) is 18.2. The molecule has 3 atom stereocenters. The molecule has 7 heteroatoms. The molecule has 202 valence electrons. The first-order valence-corrected chi connectivity index (χ1v) is 15.1. The molecule has 38 heavy (non-hydrogen) atoms. The van der Waals surface area contributed by atoms with Gasteiger partial charge in [-0.25, -0.2) is 5.06 Å². The van der Waals surface area contributed by atoms with Crippen molar-refractivity contribution in [2.24, 2.45) is 11.8 Å². The summed E-state index contributed by atoms with van der Waals surface area (Å²) < 4.78 is 12.1. The van der Waals surface area contributed by atoms with Gasteiger partial charge in [-0.3, -0.25) is 9.63 Å². The van der Waals surface area contributed by atoms with Crippen LogP contribution in [0.15, 0.2) is 84.9 Å². The molecule has 3 aromatic carbocycles. The lowest BCUT2D eigenvalue weighted by Gasteiger charge is -2.45. The molecule has 3 aromatic rings. The van der Waals surface area contributed by atoms with Crippen LogP contribution in [-0.2, 0) is 20.7 Å². The van der Waals surface area contributed by atoms with E-state index in [2.05, 4.69) is 69.3 Å². The smallest absolute Gasteiger partial charge is 0.261 e. The van der Waals surface area contributed by atoms with Crippen LogP contribution in [0.3, 0.4) is 0 Å². The molecule has 0 unspecified atom stereocenters. The molecule has 0 aliphatic carbocycles. The van der Waals surface area contributed by atoms with Crippen LogP contribution < -0.4 is 15.1 Å². The number of β-lactam (4-membered cyclic amide) rings is 1. The third kappa shape index (κ3) is 5.71. The highest BCUT2D eigenvalue weighted by Gasteiger charge is 2.51. The number of hydrogen-bond donors (Lipinski definition) is 1. The van der Waals surface area contributed by atoms with Gasteiger partial charge >= 0.3 is 0 Å². The minimum atomic E-state index is -2.71. The predicted molar refractivity (Wildman–Crippen MR) is 152 cm³/mol. The highest BCUT2D eigenvalue weighted by Crippen LogP contribution is 2.37. The molecule has 0 saturated carbocycles. The third-order valence-electron chi connectivity index (χ3n) is 7.45. The second kappa shape index (κ2) is 11.8. The van der Waals surface area contributed by atoms with Crippen molar-refractivity contribution >= 4 is 24.6 Å². The van der Waals surface area contributed by atoms with E-state index in [9.17, 15) is 9.90 Å². The molecule has 1 N–H and O–H groups in total. The number of carbonyl (C=O) groups is 1. The van der Waals surface area contributed by atoms with Gasteiger partial charge in [-0.05, 0) is 33.1 Å². The lowest BCUT2D eigenvalue weighted by molar-refractivity contribution is -0.235. The Balaban J connectivity index is 1.42. The highest BCUT2D eigenvalue weighted by atomic mass is 28.4. The fourth-order valence-corrected chi connectivity index (χ4v) is 9.85. The summed E-state index contributed by atoms with van der Waals surface area (Å²) in [5.74, 6) is -0.146. The summed E-state index contributed by atoms with van der Waals surface area (Å²) in [7, 11) is -1.09. The Morgan fingerprint density at radius 2 is 1.50 bits per heavy atom. The second-order valence-electron chi connectivity index (χ2n) is 11.1. The van der Waals surface area contributed by atoms with Gasteiger partial charge in [0.25, 0.3) is 14.2 Å². The lowest BCUT2D eigenvalue weighted by atomic mass is 9.87. The molecule has 1 amide bonds. The number of rotatable bonds is 11. The van der Waals surface area contributed by atoms with E-state index < -0.39 is 20.3 Å². The first kappa shape index (κ1) is 28.0. The Labute approximate surface area is 227 Å². The van der Waals surface area contributed by atoms with Crippen molar-refractivity contribution in [1.82, 2.24) is 5.06 Å². The van der Waals surface area contributed by atoms with Crippen molar-refractivity contribution in [3.8, 4) is 5.75 Å². The summed E-state index contributed by atoms with van der Waals surface area (Å²) in [5.41, 5.74) is 0.940. The number of methoxy groups -OCH3 is 1. The molecule has 1 saturated heterocycles. The van der Waals surface area contributed by atoms with E-state index in [1.807, 2.05) is 43.3 Å². The minimum Gasteiger partial charge on any atom is -0.497 e. The van der Waals surface area contributed by atoms with Crippen molar-refractivity contribution in [3.05, 3.63) is 90.5 Å². The molecule has 1 heterocycles. The number of benzene rings is 3. The number of nitrogens with zero attached hydrogens (tertiary/aromatic N) is 1. The number of aliphatic hydroxyl groups excluding tert-OH is 1. The Morgan fingerprint density at radius 1 is 0.947 bits per heavy atom. The maximum Gasteiger partial charge on any atom is 0.261 e. The van der Waals surface area contributed by atoms with E-state index >= 15 is 0 Å². The van der Waals surface area contributed by atoms with E-state index in [1.165, 1.54) is 15.4 Å². The summed E-state index contributed by atoms with van der Waals surface area (Å²) in [4.78, 5) is 18.5. The molecule has 0 radical (unpaired) electrons. The third-order valence-corrected chi connectivity index (χ3v) is 12.5. The van der Waals surface area contributed by atoms with Crippen LogP contribution in [-0.4, -0.2) is 50.8 Å². The van der Waals surface area contributed by atoms with Crippen LogP contribution >= 0.6 is 0 Å². The van der Waals surface area contributed by atoms with Gasteiger partial charge in [-0.1, -0.05) is 100 Å². The monoisotopic (exact) mass is 533 g/mol. The van der Waals surface area contributed by atoms with Crippen molar-refractivity contribution in [3.63, 3.8) is 0 Å². The topological polar surface area (TPSA) is 68.2 Å². The maximum absolute atomic E-state index is 12.8. The quantitative estimate of drug-likeness (QED) is 0.296. The standard InChI is InChI=1S/C31H39NO5Si/c1-23(29(33)28-20-32(30(28)34)36-22-24-16-18-25(35-5)19-17-24)21-37-38(31(2,3)4,26-12-8-6-9-13-26)27-14-10-7-11-15-27/h6-19,23,28-29,33H,20-22H2,1-5H3/t23-,28-,29-/m1/s1. The van der Waals surface area contributed by atoms with Crippen LogP contribution in [0, 0.1) is 11.8 Å². The molecule has 0 bridgehead atoms. The van der Waals surface area contributed by atoms with Gasteiger partial charge in [0.05, 0.1) is 25.7 Å². The molecule has 1 fully saturated rings. The minimum absolute atomic E-state index is 0.154. The average Bonchev–Trinajstić information content (AvgIpc) is 2.93. The van der Waals surface area contributed by atoms with Gasteiger partial charge in [0.15, 0.2) is 0 Å². The summed E-state index contributed by atoms with van der Waals surface area (Å²) in [5, 5.41) is 14.7. The van der Waals surface area contributed by atoms with Gasteiger partial charge in [-0.2, -0.15) is 0 Å². The summed E-state index contributed by atoms with van der Waals surface area (Å²) >= 11 is 0. The molecular formula is C31H39NO5Si. The molecule has 0 aromatic heterocycles. The van der Waals surface area contributed by atoms with E-state index in [0.717, 1.165) is 11.3 Å². The zero-order valence-corrected chi connectivity index (χ0v) is 24.0. The van der Waals surface area contributed by atoms with Crippen molar-refractivity contribution in [2.45, 2.75) is 45.4 Å². The second-order valence-corrected chi connectivity index (χ2v) is 15.4. The van der Waals surface area contributed by atoms with Crippen LogP contribution in [0.1, 0.15) is 33.3 Å². The number of ether oxygens (including phenoxy) is 1. The Hall–Kier alpha value is -2.97. The lowest BCUT2D eigenvalue weighted by Crippen LogP contribution is -2.67. The number of hydroxylamine groups is 2. The molecule has 0 spiro atoms. The molecule has 1 aliphatic heterocycles. The molecule has 4 rings (SSSR count). The Bertz CT molecular complexity index is 1140. The van der Waals surface area contributed by atoms with Gasteiger partial charge in [0.1, 0.15) is 12.4 Å². The number of hydrogen-bond acceptors (Lipinski definition) is 5. The predicted octanol–water partition coefficient (Wildman–Crippen LogP) is 4.16.